The topological polar surface area (TPSA) is 111 Å². The lowest BCUT2D eigenvalue weighted by atomic mass is 10.2. The highest BCUT2D eigenvalue weighted by molar-refractivity contribution is 7.93. The van der Waals surface area contributed by atoms with Crippen LogP contribution in [0.5, 0.6) is 0 Å². The molecule has 0 amide bonds. The molecule has 8 heteroatoms. The van der Waals surface area contributed by atoms with E-state index in [9.17, 15) is 8.42 Å². The zero-order valence-electron chi connectivity index (χ0n) is 12.9. The van der Waals surface area contributed by atoms with Crippen LogP contribution in [0.25, 0.3) is 11.0 Å². The van der Waals surface area contributed by atoms with Crippen LogP contribution in [0.1, 0.15) is 12.5 Å². The first-order valence-electron chi connectivity index (χ1n) is 7.28. The number of rotatable bonds is 5. The van der Waals surface area contributed by atoms with Gasteiger partial charge in [-0.15, -0.1) is 0 Å². The zero-order chi connectivity index (χ0) is 17.2. The van der Waals surface area contributed by atoms with E-state index in [-0.39, 0.29) is 4.90 Å². The predicted octanol–water partition coefficient (Wildman–Crippen LogP) is 2.67. The molecule has 0 saturated heterocycles. The number of benzene rings is 1. The Kier molecular flexibility index (Phi) is 4.10. The Morgan fingerprint density at radius 3 is 2.88 bits per heavy atom. The molecule has 0 aliphatic carbocycles. The van der Waals surface area contributed by atoms with Crippen LogP contribution in [0.3, 0.4) is 0 Å². The van der Waals surface area contributed by atoms with Gasteiger partial charge in [-0.3, -0.25) is 4.72 Å². The minimum atomic E-state index is -3.83. The van der Waals surface area contributed by atoms with Crippen LogP contribution in [-0.4, -0.2) is 24.9 Å². The number of aromatic nitrogens is 2. The first-order chi connectivity index (χ1) is 11.5. The van der Waals surface area contributed by atoms with Gasteiger partial charge in [-0.2, -0.15) is 5.26 Å². The molecule has 0 aliphatic rings. The van der Waals surface area contributed by atoms with Crippen LogP contribution in [0.15, 0.2) is 47.6 Å². The SMILES string of the molecule is CCNc1ccc(C#N)cc1NS(=O)(=O)c1c[nH]c2ncccc12. The summed E-state index contributed by atoms with van der Waals surface area (Å²) in [5, 5.41) is 12.6. The number of pyridine rings is 1. The monoisotopic (exact) mass is 341 g/mol. The van der Waals surface area contributed by atoms with E-state index in [1.807, 2.05) is 13.0 Å². The van der Waals surface area contributed by atoms with Crippen LogP contribution in [0, 0.1) is 11.3 Å². The van der Waals surface area contributed by atoms with Crippen molar-refractivity contribution in [1.82, 2.24) is 9.97 Å². The van der Waals surface area contributed by atoms with Gasteiger partial charge in [-0.05, 0) is 37.3 Å². The van der Waals surface area contributed by atoms with E-state index >= 15 is 0 Å². The Morgan fingerprint density at radius 1 is 1.29 bits per heavy atom. The first-order valence-corrected chi connectivity index (χ1v) is 8.76. The summed E-state index contributed by atoms with van der Waals surface area (Å²) in [7, 11) is -3.83. The van der Waals surface area contributed by atoms with Crippen LogP contribution in [0.4, 0.5) is 11.4 Å². The molecule has 0 fully saturated rings. The Morgan fingerprint density at radius 2 is 2.12 bits per heavy atom. The summed E-state index contributed by atoms with van der Waals surface area (Å²) in [5.74, 6) is 0. The molecular formula is C16H15N5O2S. The molecule has 2 aromatic heterocycles. The molecule has 3 aromatic rings. The van der Waals surface area contributed by atoms with Crippen LogP contribution in [0.2, 0.25) is 0 Å². The molecule has 7 nitrogen and oxygen atoms in total. The lowest BCUT2D eigenvalue weighted by molar-refractivity contribution is 0.602. The normalized spacial score (nSPS) is 11.2. The van der Waals surface area contributed by atoms with Gasteiger partial charge in [0.1, 0.15) is 10.5 Å². The number of anilines is 2. The highest BCUT2D eigenvalue weighted by atomic mass is 32.2. The second-order valence-electron chi connectivity index (χ2n) is 5.06. The van der Waals surface area contributed by atoms with Crippen molar-refractivity contribution < 1.29 is 8.42 Å². The van der Waals surface area contributed by atoms with E-state index < -0.39 is 10.0 Å². The molecule has 3 N–H and O–H groups in total. The van der Waals surface area contributed by atoms with Crippen molar-refractivity contribution in [1.29, 1.82) is 5.26 Å². The highest BCUT2D eigenvalue weighted by Gasteiger charge is 2.21. The number of H-pyrrole nitrogens is 1. The van der Waals surface area contributed by atoms with Crippen molar-refractivity contribution in [2.45, 2.75) is 11.8 Å². The van der Waals surface area contributed by atoms with Crippen LogP contribution < -0.4 is 10.0 Å². The van der Waals surface area contributed by atoms with E-state index in [1.165, 1.54) is 12.3 Å². The summed E-state index contributed by atoms with van der Waals surface area (Å²) in [5.41, 5.74) is 1.80. The number of fused-ring (bicyclic) bond motifs is 1. The van der Waals surface area contributed by atoms with Gasteiger partial charge in [0.2, 0.25) is 0 Å². The third-order valence-electron chi connectivity index (χ3n) is 3.46. The fourth-order valence-electron chi connectivity index (χ4n) is 2.40. The molecule has 1 aromatic carbocycles. The Hall–Kier alpha value is -3.05. The van der Waals surface area contributed by atoms with Gasteiger partial charge in [0.25, 0.3) is 10.0 Å². The van der Waals surface area contributed by atoms with Crippen molar-refractivity contribution in [2.75, 3.05) is 16.6 Å². The molecule has 0 spiro atoms. The summed E-state index contributed by atoms with van der Waals surface area (Å²) >= 11 is 0. The Labute approximate surface area is 139 Å². The van der Waals surface area contributed by atoms with Gasteiger partial charge < -0.3 is 10.3 Å². The molecule has 3 rings (SSSR count). The highest BCUT2D eigenvalue weighted by Crippen LogP contribution is 2.28. The molecule has 0 aliphatic heterocycles. The maximum absolute atomic E-state index is 12.8. The lowest BCUT2D eigenvalue weighted by Crippen LogP contribution is -2.14. The predicted molar refractivity (Wildman–Crippen MR) is 92.2 cm³/mol. The second-order valence-corrected chi connectivity index (χ2v) is 6.71. The van der Waals surface area contributed by atoms with E-state index in [1.54, 1.807) is 30.5 Å². The second kappa shape index (κ2) is 6.22. The average Bonchev–Trinajstić information content (AvgIpc) is 3.01. The van der Waals surface area contributed by atoms with Gasteiger partial charge in [-0.25, -0.2) is 13.4 Å². The summed E-state index contributed by atoms with van der Waals surface area (Å²) < 4.78 is 28.1. The van der Waals surface area contributed by atoms with Crippen LogP contribution >= 0.6 is 0 Å². The largest absolute Gasteiger partial charge is 0.384 e. The third kappa shape index (κ3) is 2.89. The number of nitriles is 1. The van der Waals surface area contributed by atoms with Crippen molar-refractivity contribution >= 4 is 32.4 Å². The zero-order valence-corrected chi connectivity index (χ0v) is 13.7. The minimum absolute atomic E-state index is 0.107. The molecule has 0 atom stereocenters. The first kappa shape index (κ1) is 15.8. The summed E-state index contributed by atoms with van der Waals surface area (Å²) in [6.07, 6.45) is 2.99. The van der Waals surface area contributed by atoms with Gasteiger partial charge in [-0.1, -0.05) is 0 Å². The van der Waals surface area contributed by atoms with Crippen molar-refractivity contribution in [3.05, 3.63) is 48.3 Å². The Bertz CT molecular complexity index is 1030. The molecule has 2 heterocycles. The number of nitrogens with zero attached hydrogens (tertiary/aromatic N) is 2. The third-order valence-corrected chi connectivity index (χ3v) is 4.87. The Balaban J connectivity index is 2.05. The van der Waals surface area contributed by atoms with Gasteiger partial charge in [0, 0.05) is 24.3 Å². The fraction of sp³-hybridized carbons (Fsp3) is 0.125. The maximum Gasteiger partial charge on any atom is 0.264 e. The van der Waals surface area contributed by atoms with Gasteiger partial charge >= 0.3 is 0 Å². The van der Waals surface area contributed by atoms with E-state index in [2.05, 4.69) is 20.0 Å². The fourth-order valence-corrected chi connectivity index (χ4v) is 3.63. The molecule has 24 heavy (non-hydrogen) atoms. The molecule has 0 unspecified atom stereocenters. The standard InChI is InChI=1S/C16H15N5O2S/c1-2-18-13-6-5-11(9-17)8-14(13)21-24(22,23)15-10-20-16-12(15)4-3-7-19-16/h3-8,10,18,21H,2H2,1H3,(H,19,20). The van der Waals surface area contributed by atoms with E-state index in [4.69, 9.17) is 5.26 Å². The quantitative estimate of drug-likeness (QED) is 0.661. The minimum Gasteiger partial charge on any atom is -0.384 e. The van der Waals surface area contributed by atoms with Crippen LogP contribution in [-0.2, 0) is 10.0 Å². The maximum atomic E-state index is 12.8. The van der Waals surface area contributed by atoms with Gasteiger partial charge in [0.15, 0.2) is 0 Å². The number of hydrogen-bond acceptors (Lipinski definition) is 5. The molecule has 0 radical (unpaired) electrons. The number of hydrogen-bond donors (Lipinski definition) is 3. The average molecular weight is 341 g/mol. The summed E-state index contributed by atoms with van der Waals surface area (Å²) in [6.45, 7) is 2.53. The summed E-state index contributed by atoms with van der Waals surface area (Å²) in [6, 6.07) is 10.2. The summed E-state index contributed by atoms with van der Waals surface area (Å²) in [4.78, 5) is 7.04. The van der Waals surface area contributed by atoms with Crippen molar-refractivity contribution in [3.63, 3.8) is 0 Å². The molecule has 122 valence electrons. The smallest absolute Gasteiger partial charge is 0.264 e. The van der Waals surface area contributed by atoms with Gasteiger partial charge in [0.05, 0.1) is 23.0 Å². The number of aromatic amines is 1. The molecule has 0 saturated carbocycles. The van der Waals surface area contributed by atoms with Crippen molar-refractivity contribution in [2.24, 2.45) is 0 Å². The van der Waals surface area contributed by atoms with Crippen molar-refractivity contribution in [3.8, 4) is 6.07 Å². The lowest BCUT2D eigenvalue weighted by Gasteiger charge is -2.13. The van der Waals surface area contributed by atoms with E-state index in [0.29, 0.717) is 34.5 Å². The molecule has 0 bridgehead atoms. The number of sulfonamides is 1. The molecular weight excluding hydrogens is 326 g/mol. The van der Waals surface area contributed by atoms with E-state index in [0.717, 1.165) is 0 Å². The number of nitrogens with one attached hydrogen (secondary N) is 3.